The minimum Gasteiger partial charge on any atom is -0.466 e. The molecule has 1 amide bonds. The van der Waals surface area contributed by atoms with E-state index in [1.54, 1.807) is 20.8 Å². The van der Waals surface area contributed by atoms with E-state index in [1.807, 2.05) is 60.7 Å². The van der Waals surface area contributed by atoms with Crippen LogP contribution in [0, 0.1) is 0 Å². The molecule has 2 rings (SSSR count). The van der Waals surface area contributed by atoms with Crippen LogP contribution in [-0.4, -0.2) is 42.0 Å². The van der Waals surface area contributed by atoms with Crippen molar-refractivity contribution in [3.8, 4) is 0 Å². The van der Waals surface area contributed by atoms with Crippen molar-refractivity contribution in [1.29, 1.82) is 0 Å². The van der Waals surface area contributed by atoms with Gasteiger partial charge in [-0.2, -0.15) is 0 Å². The summed E-state index contributed by atoms with van der Waals surface area (Å²) >= 11 is 0. The Bertz CT molecular complexity index is 872. The number of amides is 1. The molecule has 0 bridgehead atoms. The summed E-state index contributed by atoms with van der Waals surface area (Å²) in [5.41, 5.74) is 1.47. The number of hydrogen-bond donors (Lipinski definition) is 2. The Morgan fingerprint density at radius 1 is 1.00 bits per heavy atom. The summed E-state index contributed by atoms with van der Waals surface area (Å²) in [4.78, 5) is 24.7. The van der Waals surface area contributed by atoms with Crippen LogP contribution >= 0.6 is 0 Å². The molecule has 0 spiro atoms. The van der Waals surface area contributed by atoms with Gasteiger partial charge in [0, 0.05) is 12.0 Å². The van der Waals surface area contributed by atoms with Gasteiger partial charge in [0.25, 0.3) is 0 Å². The van der Waals surface area contributed by atoms with E-state index < -0.39 is 29.8 Å². The second-order valence-electron chi connectivity index (χ2n) is 8.28. The van der Waals surface area contributed by atoms with E-state index in [2.05, 4.69) is 5.32 Å². The molecule has 0 heterocycles. The Balaban J connectivity index is 2.27. The lowest BCUT2D eigenvalue weighted by atomic mass is 9.97. The second kappa shape index (κ2) is 11.3. The summed E-state index contributed by atoms with van der Waals surface area (Å²) in [6.07, 6.45) is 0.338. The minimum absolute atomic E-state index is 0.301. The standard InChI is InChI=1S/C25H31NO5/c1-25(2,3)31-24(29)26-21(16-19-13-9-6-10-14-19)22(27)17-20(23(28)30-4)15-18-11-7-5-8-12-18/h5-14,17,21-22,27H,15-16H2,1-4H3,(H,26,29)/b20-17+/t21-,22+/m0/s1. The zero-order valence-electron chi connectivity index (χ0n) is 18.5. The van der Waals surface area contributed by atoms with Crippen molar-refractivity contribution in [3.63, 3.8) is 0 Å². The highest BCUT2D eigenvalue weighted by molar-refractivity contribution is 5.89. The van der Waals surface area contributed by atoms with Crippen molar-refractivity contribution in [1.82, 2.24) is 5.32 Å². The first-order chi connectivity index (χ1) is 14.7. The molecule has 0 radical (unpaired) electrons. The average molecular weight is 426 g/mol. The molecule has 2 aromatic carbocycles. The Kier molecular flexibility index (Phi) is 8.82. The Morgan fingerprint density at radius 3 is 2.06 bits per heavy atom. The molecule has 6 nitrogen and oxygen atoms in total. The summed E-state index contributed by atoms with van der Waals surface area (Å²) in [5, 5.41) is 13.7. The highest BCUT2D eigenvalue weighted by Gasteiger charge is 2.25. The first-order valence-electron chi connectivity index (χ1n) is 10.2. The van der Waals surface area contributed by atoms with Gasteiger partial charge in [-0.15, -0.1) is 0 Å². The first-order valence-corrected chi connectivity index (χ1v) is 10.2. The number of aliphatic hydroxyl groups is 1. The van der Waals surface area contributed by atoms with Crippen LogP contribution < -0.4 is 5.32 Å². The third-order valence-corrected chi connectivity index (χ3v) is 4.47. The molecule has 2 aromatic rings. The predicted octanol–water partition coefficient (Wildman–Crippen LogP) is 3.83. The summed E-state index contributed by atoms with van der Waals surface area (Å²) in [5.74, 6) is -0.529. The van der Waals surface area contributed by atoms with Crippen molar-refractivity contribution >= 4 is 12.1 Å². The molecule has 166 valence electrons. The average Bonchev–Trinajstić information content (AvgIpc) is 2.72. The number of nitrogens with one attached hydrogen (secondary N) is 1. The number of alkyl carbamates (subject to hydrolysis) is 1. The van der Waals surface area contributed by atoms with Crippen LogP contribution in [-0.2, 0) is 27.1 Å². The van der Waals surface area contributed by atoms with Crippen molar-refractivity contribution in [2.45, 2.75) is 51.4 Å². The van der Waals surface area contributed by atoms with E-state index in [-0.39, 0.29) is 0 Å². The number of carbonyl (C=O) groups excluding carboxylic acids is 2. The summed E-state index contributed by atoms with van der Waals surface area (Å²) in [7, 11) is 1.30. The number of methoxy groups -OCH3 is 1. The molecule has 0 aromatic heterocycles. The molecule has 31 heavy (non-hydrogen) atoms. The third kappa shape index (κ3) is 8.64. The van der Waals surface area contributed by atoms with Gasteiger partial charge in [0.05, 0.1) is 19.3 Å². The SMILES string of the molecule is COC(=O)/C(=C/[C@@H](O)[C@H](Cc1ccccc1)NC(=O)OC(C)(C)C)Cc1ccccc1. The van der Waals surface area contributed by atoms with Crippen LogP contribution in [0.2, 0.25) is 0 Å². The first kappa shape index (κ1) is 24.2. The predicted molar refractivity (Wildman–Crippen MR) is 120 cm³/mol. The lowest BCUT2D eigenvalue weighted by Crippen LogP contribution is -2.46. The molecule has 6 heteroatoms. The number of esters is 1. The van der Waals surface area contributed by atoms with Gasteiger partial charge in [-0.1, -0.05) is 60.7 Å². The van der Waals surface area contributed by atoms with Gasteiger partial charge in [-0.05, 0) is 44.4 Å². The van der Waals surface area contributed by atoms with Crippen molar-refractivity contribution < 1.29 is 24.2 Å². The van der Waals surface area contributed by atoms with Crippen LogP contribution in [0.3, 0.4) is 0 Å². The molecule has 0 saturated heterocycles. The lowest BCUT2D eigenvalue weighted by Gasteiger charge is -2.26. The molecular weight excluding hydrogens is 394 g/mol. The number of hydrogen-bond acceptors (Lipinski definition) is 5. The van der Waals surface area contributed by atoms with Crippen LogP contribution in [0.1, 0.15) is 31.9 Å². The number of rotatable bonds is 8. The van der Waals surface area contributed by atoms with Crippen molar-refractivity contribution in [2.24, 2.45) is 0 Å². The van der Waals surface area contributed by atoms with Crippen LogP contribution in [0.15, 0.2) is 72.3 Å². The van der Waals surface area contributed by atoms with E-state index in [0.717, 1.165) is 11.1 Å². The lowest BCUT2D eigenvalue weighted by molar-refractivity contribution is -0.136. The quantitative estimate of drug-likeness (QED) is 0.496. The molecule has 0 saturated carbocycles. The van der Waals surface area contributed by atoms with Gasteiger partial charge in [0.2, 0.25) is 0 Å². The normalized spacial score (nSPS) is 13.8. The van der Waals surface area contributed by atoms with E-state index in [4.69, 9.17) is 9.47 Å². The topological polar surface area (TPSA) is 84.9 Å². The highest BCUT2D eigenvalue weighted by Crippen LogP contribution is 2.15. The van der Waals surface area contributed by atoms with E-state index in [0.29, 0.717) is 18.4 Å². The van der Waals surface area contributed by atoms with Crippen LogP contribution in [0.5, 0.6) is 0 Å². The van der Waals surface area contributed by atoms with Gasteiger partial charge in [0.15, 0.2) is 0 Å². The number of carbonyl (C=O) groups is 2. The zero-order valence-corrected chi connectivity index (χ0v) is 18.5. The molecule has 0 aliphatic rings. The Hall–Kier alpha value is -3.12. The van der Waals surface area contributed by atoms with Gasteiger partial charge < -0.3 is 19.9 Å². The molecule has 0 aliphatic heterocycles. The molecule has 2 N–H and O–H groups in total. The minimum atomic E-state index is -1.13. The molecule has 0 aliphatic carbocycles. The second-order valence-corrected chi connectivity index (χ2v) is 8.28. The van der Waals surface area contributed by atoms with Crippen LogP contribution in [0.25, 0.3) is 0 Å². The largest absolute Gasteiger partial charge is 0.466 e. The summed E-state index contributed by atoms with van der Waals surface area (Å²) in [6, 6.07) is 18.2. The number of aliphatic hydroxyl groups excluding tert-OH is 1. The van der Waals surface area contributed by atoms with Gasteiger partial charge in [0.1, 0.15) is 5.60 Å². The fraction of sp³-hybridized carbons (Fsp3) is 0.360. The maximum absolute atomic E-state index is 12.4. The summed E-state index contributed by atoms with van der Waals surface area (Å²) in [6.45, 7) is 5.30. The smallest absolute Gasteiger partial charge is 0.407 e. The van der Waals surface area contributed by atoms with E-state index in [1.165, 1.54) is 13.2 Å². The monoisotopic (exact) mass is 425 g/mol. The number of ether oxygens (including phenoxy) is 2. The number of benzene rings is 2. The fourth-order valence-electron chi connectivity index (χ4n) is 3.05. The van der Waals surface area contributed by atoms with Crippen molar-refractivity contribution in [2.75, 3.05) is 7.11 Å². The van der Waals surface area contributed by atoms with E-state index in [9.17, 15) is 14.7 Å². The molecule has 0 unspecified atom stereocenters. The van der Waals surface area contributed by atoms with Crippen LogP contribution in [0.4, 0.5) is 4.79 Å². The zero-order chi connectivity index (χ0) is 22.9. The van der Waals surface area contributed by atoms with Crippen molar-refractivity contribution in [3.05, 3.63) is 83.4 Å². The highest BCUT2D eigenvalue weighted by atomic mass is 16.6. The Morgan fingerprint density at radius 2 is 1.55 bits per heavy atom. The molecule has 2 atom stereocenters. The Labute approximate surface area is 183 Å². The maximum Gasteiger partial charge on any atom is 0.407 e. The molecular formula is C25H31NO5. The third-order valence-electron chi connectivity index (χ3n) is 4.47. The summed E-state index contributed by atoms with van der Waals surface area (Å²) < 4.78 is 10.3. The van der Waals surface area contributed by atoms with Gasteiger partial charge >= 0.3 is 12.1 Å². The van der Waals surface area contributed by atoms with Gasteiger partial charge in [-0.3, -0.25) is 0 Å². The molecule has 0 fully saturated rings. The maximum atomic E-state index is 12.4. The van der Waals surface area contributed by atoms with E-state index >= 15 is 0 Å². The van der Waals surface area contributed by atoms with Gasteiger partial charge in [-0.25, -0.2) is 9.59 Å². The fourth-order valence-corrected chi connectivity index (χ4v) is 3.05.